The maximum atomic E-state index is 10.8. The molecule has 2 aromatic carbocycles. The number of rotatable bonds is 2. The number of nitrogen functional groups attached to an aromatic ring is 1. The van der Waals surface area contributed by atoms with Gasteiger partial charge in [0, 0.05) is 22.9 Å². The van der Waals surface area contributed by atoms with Gasteiger partial charge in [-0.05, 0) is 24.3 Å². The maximum Gasteiger partial charge on any atom is 0.271 e. The Morgan fingerprint density at radius 3 is 2.65 bits per heavy atom. The molecule has 0 bridgehead atoms. The summed E-state index contributed by atoms with van der Waals surface area (Å²) in [6.07, 6.45) is 0. The highest BCUT2D eigenvalue weighted by molar-refractivity contribution is 6.07. The molecule has 20 heavy (non-hydrogen) atoms. The number of ether oxygens (including phenoxy) is 1. The largest absolute Gasteiger partial charge is 0.497 e. The average Bonchev–Trinajstić information content (AvgIpc) is 2.46. The average molecular weight is 269 g/mol. The third kappa shape index (κ3) is 1.78. The number of nitrogens with two attached hydrogens (primary N) is 1. The van der Waals surface area contributed by atoms with Crippen LogP contribution in [0.25, 0.3) is 21.8 Å². The van der Waals surface area contributed by atoms with E-state index in [0.717, 1.165) is 5.39 Å². The summed E-state index contributed by atoms with van der Waals surface area (Å²) in [5.41, 5.74) is 7.86. The van der Waals surface area contributed by atoms with Crippen molar-refractivity contribution in [1.29, 1.82) is 0 Å². The summed E-state index contributed by atoms with van der Waals surface area (Å²) in [6, 6.07) is 9.83. The number of non-ortho nitro benzene ring substituents is 1. The van der Waals surface area contributed by atoms with Crippen molar-refractivity contribution in [3.63, 3.8) is 0 Å². The van der Waals surface area contributed by atoms with Gasteiger partial charge in [-0.3, -0.25) is 10.1 Å². The SMILES string of the molecule is COc1ccc2nc3cc([N+](=O)[O-])ccc3c(N)c2c1. The van der Waals surface area contributed by atoms with E-state index in [9.17, 15) is 10.1 Å². The minimum atomic E-state index is -0.449. The molecule has 0 amide bonds. The van der Waals surface area contributed by atoms with E-state index < -0.39 is 4.92 Å². The lowest BCUT2D eigenvalue weighted by Crippen LogP contribution is -1.95. The second kappa shape index (κ2) is 4.34. The highest BCUT2D eigenvalue weighted by atomic mass is 16.6. The number of methoxy groups -OCH3 is 1. The highest BCUT2D eigenvalue weighted by Crippen LogP contribution is 2.32. The monoisotopic (exact) mass is 269 g/mol. The lowest BCUT2D eigenvalue weighted by molar-refractivity contribution is -0.384. The normalized spacial score (nSPS) is 10.8. The van der Waals surface area contributed by atoms with E-state index in [2.05, 4.69) is 4.98 Å². The Labute approximate surface area is 113 Å². The number of hydrogen-bond acceptors (Lipinski definition) is 5. The number of hydrogen-bond donors (Lipinski definition) is 1. The lowest BCUT2D eigenvalue weighted by Gasteiger charge is -2.08. The molecular formula is C14H11N3O3. The first-order valence-electron chi connectivity index (χ1n) is 5.91. The van der Waals surface area contributed by atoms with E-state index in [0.29, 0.717) is 27.9 Å². The fourth-order valence-electron chi connectivity index (χ4n) is 2.18. The van der Waals surface area contributed by atoms with Gasteiger partial charge >= 0.3 is 0 Å². The molecule has 1 heterocycles. The summed E-state index contributed by atoms with van der Waals surface area (Å²) in [5.74, 6) is 0.687. The van der Waals surface area contributed by atoms with Crippen molar-refractivity contribution in [1.82, 2.24) is 4.98 Å². The highest BCUT2D eigenvalue weighted by Gasteiger charge is 2.11. The predicted molar refractivity (Wildman–Crippen MR) is 76.9 cm³/mol. The fraction of sp³-hybridized carbons (Fsp3) is 0.0714. The summed E-state index contributed by atoms with van der Waals surface area (Å²) in [7, 11) is 1.58. The van der Waals surface area contributed by atoms with Gasteiger partial charge in [-0.1, -0.05) is 0 Å². The first-order valence-corrected chi connectivity index (χ1v) is 5.91. The van der Waals surface area contributed by atoms with Crippen LogP contribution in [0.2, 0.25) is 0 Å². The Balaban J connectivity index is 2.37. The van der Waals surface area contributed by atoms with Crippen molar-refractivity contribution >= 4 is 33.2 Å². The van der Waals surface area contributed by atoms with Crippen LogP contribution in [-0.2, 0) is 0 Å². The zero-order valence-corrected chi connectivity index (χ0v) is 10.7. The number of nitro benzene ring substituents is 1. The number of nitrogens with zero attached hydrogens (tertiary/aromatic N) is 2. The molecular weight excluding hydrogens is 258 g/mol. The molecule has 3 rings (SSSR count). The molecule has 0 fully saturated rings. The van der Waals surface area contributed by atoms with Crippen LogP contribution in [0.5, 0.6) is 5.75 Å². The van der Waals surface area contributed by atoms with E-state index in [1.165, 1.54) is 12.1 Å². The molecule has 0 aliphatic heterocycles. The maximum absolute atomic E-state index is 10.8. The zero-order chi connectivity index (χ0) is 14.3. The van der Waals surface area contributed by atoms with Crippen LogP contribution < -0.4 is 10.5 Å². The lowest BCUT2D eigenvalue weighted by atomic mass is 10.1. The second-order valence-electron chi connectivity index (χ2n) is 4.37. The Morgan fingerprint density at radius 1 is 1.15 bits per heavy atom. The molecule has 0 saturated heterocycles. The summed E-state index contributed by atoms with van der Waals surface area (Å²) in [6.45, 7) is 0. The van der Waals surface area contributed by atoms with Crippen molar-refractivity contribution in [3.8, 4) is 5.75 Å². The quantitative estimate of drug-likeness (QED) is 0.438. The topological polar surface area (TPSA) is 91.3 Å². The van der Waals surface area contributed by atoms with Crippen LogP contribution in [0.4, 0.5) is 11.4 Å². The van der Waals surface area contributed by atoms with Gasteiger partial charge in [-0.25, -0.2) is 4.98 Å². The molecule has 6 heteroatoms. The number of benzene rings is 2. The van der Waals surface area contributed by atoms with E-state index >= 15 is 0 Å². The number of aromatic nitrogens is 1. The van der Waals surface area contributed by atoms with Crippen LogP contribution in [0.15, 0.2) is 36.4 Å². The third-order valence-corrected chi connectivity index (χ3v) is 3.22. The van der Waals surface area contributed by atoms with E-state index in [4.69, 9.17) is 10.5 Å². The van der Waals surface area contributed by atoms with Crippen molar-refractivity contribution in [2.24, 2.45) is 0 Å². The van der Waals surface area contributed by atoms with Crippen molar-refractivity contribution < 1.29 is 9.66 Å². The van der Waals surface area contributed by atoms with Crippen molar-refractivity contribution in [3.05, 3.63) is 46.5 Å². The third-order valence-electron chi connectivity index (χ3n) is 3.22. The number of pyridine rings is 1. The molecule has 0 saturated carbocycles. The molecule has 0 aliphatic rings. The summed E-state index contributed by atoms with van der Waals surface area (Å²) < 4.78 is 5.17. The van der Waals surface area contributed by atoms with Crippen LogP contribution in [0.3, 0.4) is 0 Å². The first kappa shape index (κ1) is 12.2. The molecule has 0 radical (unpaired) electrons. The molecule has 0 atom stereocenters. The molecule has 3 aromatic rings. The van der Waals surface area contributed by atoms with Gasteiger partial charge in [0.05, 0.1) is 28.8 Å². The first-order chi connectivity index (χ1) is 9.60. The van der Waals surface area contributed by atoms with Gasteiger partial charge in [0.2, 0.25) is 0 Å². The molecule has 100 valence electrons. The molecule has 1 aromatic heterocycles. The smallest absolute Gasteiger partial charge is 0.271 e. The molecule has 0 spiro atoms. The van der Waals surface area contributed by atoms with Crippen LogP contribution in [0.1, 0.15) is 0 Å². The van der Waals surface area contributed by atoms with Crippen LogP contribution in [-0.4, -0.2) is 17.0 Å². The van der Waals surface area contributed by atoms with Gasteiger partial charge in [-0.2, -0.15) is 0 Å². The summed E-state index contributed by atoms with van der Waals surface area (Å²) >= 11 is 0. The van der Waals surface area contributed by atoms with Gasteiger partial charge in [0.15, 0.2) is 0 Å². The molecule has 2 N–H and O–H groups in total. The Kier molecular flexibility index (Phi) is 2.64. The predicted octanol–water partition coefficient (Wildman–Crippen LogP) is 2.89. The van der Waals surface area contributed by atoms with Crippen molar-refractivity contribution in [2.75, 3.05) is 12.8 Å². The van der Waals surface area contributed by atoms with Crippen LogP contribution in [0, 0.1) is 10.1 Å². The number of nitro groups is 1. The summed E-state index contributed by atoms with van der Waals surface area (Å²) in [5, 5.41) is 12.3. The Bertz CT molecular complexity index is 846. The van der Waals surface area contributed by atoms with Gasteiger partial charge in [0.1, 0.15) is 5.75 Å². The Morgan fingerprint density at radius 2 is 1.95 bits per heavy atom. The van der Waals surface area contributed by atoms with Gasteiger partial charge in [-0.15, -0.1) is 0 Å². The van der Waals surface area contributed by atoms with E-state index in [1.807, 2.05) is 0 Å². The number of fused-ring (bicyclic) bond motifs is 2. The second-order valence-corrected chi connectivity index (χ2v) is 4.37. The van der Waals surface area contributed by atoms with Gasteiger partial charge in [0.25, 0.3) is 5.69 Å². The fourth-order valence-corrected chi connectivity index (χ4v) is 2.18. The minimum absolute atomic E-state index is 0.00254. The minimum Gasteiger partial charge on any atom is -0.497 e. The number of anilines is 1. The van der Waals surface area contributed by atoms with E-state index in [-0.39, 0.29) is 5.69 Å². The van der Waals surface area contributed by atoms with Crippen LogP contribution >= 0.6 is 0 Å². The van der Waals surface area contributed by atoms with E-state index in [1.54, 1.807) is 31.4 Å². The van der Waals surface area contributed by atoms with Gasteiger partial charge < -0.3 is 10.5 Å². The zero-order valence-electron chi connectivity index (χ0n) is 10.7. The molecule has 0 aliphatic carbocycles. The standard InChI is InChI=1S/C14H11N3O3/c1-20-9-3-5-12-11(7-9)14(15)10-4-2-8(17(18)19)6-13(10)16-12/h2-7H,1H3,(H2,15,16). The Hall–Kier alpha value is -2.89. The van der Waals surface area contributed by atoms with Crippen molar-refractivity contribution in [2.45, 2.75) is 0 Å². The summed E-state index contributed by atoms with van der Waals surface area (Å²) in [4.78, 5) is 14.8. The molecule has 6 nitrogen and oxygen atoms in total. The molecule has 0 unspecified atom stereocenters.